The average molecular weight is 301 g/mol. The summed E-state index contributed by atoms with van der Waals surface area (Å²) < 4.78 is 0. The molecule has 21 heavy (non-hydrogen) atoms. The summed E-state index contributed by atoms with van der Waals surface area (Å²) in [6, 6.07) is 6.59. The molecule has 2 aromatic heterocycles. The molecule has 1 atom stereocenters. The molecular weight excluding hydrogens is 278 g/mol. The third-order valence-corrected chi connectivity index (χ3v) is 5.13. The summed E-state index contributed by atoms with van der Waals surface area (Å²) in [6.07, 6.45) is 7.07. The molecule has 1 N–H and O–H groups in total. The fourth-order valence-electron chi connectivity index (χ4n) is 3.12. The van der Waals surface area contributed by atoms with E-state index in [4.69, 9.17) is 4.98 Å². The van der Waals surface area contributed by atoms with Crippen molar-refractivity contribution in [1.82, 2.24) is 15.3 Å². The number of nitrogens with one attached hydrogen (secondary N) is 1. The Bertz CT molecular complexity index is 577. The molecule has 3 rings (SSSR count). The van der Waals surface area contributed by atoms with Gasteiger partial charge in [0.2, 0.25) is 0 Å². The van der Waals surface area contributed by atoms with E-state index in [1.54, 1.807) is 11.3 Å². The van der Waals surface area contributed by atoms with Crippen LogP contribution >= 0.6 is 11.3 Å². The smallest absolute Gasteiger partial charge is 0.142 e. The summed E-state index contributed by atoms with van der Waals surface area (Å²) in [7, 11) is 0. The minimum absolute atomic E-state index is 0.483. The van der Waals surface area contributed by atoms with Gasteiger partial charge < -0.3 is 5.32 Å². The van der Waals surface area contributed by atoms with Gasteiger partial charge in [-0.3, -0.25) is 4.98 Å². The molecule has 0 saturated heterocycles. The molecule has 0 radical (unpaired) electrons. The van der Waals surface area contributed by atoms with E-state index in [2.05, 4.69) is 29.5 Å². The first-order chi connectivity index (χ1) is 10.1. The van der Waals surface area contributed by atoms with Crippen molar-refractivity contribution >= 4 is 11.3 Å². The third kappa shape index (κ3) is 3.89. The quantitative estimate of drug-likeness (QED) is 0.916. The lowest BCUT2D eigenvalue weighted by atomic mass is 9.75. The van der Waals surface area contributed by atoms with Crippen LogP contribution in [0.1, 0.15) is 45.2 Å². The van der Waals surface area contributed by atoms with Crippen molar-refractivity contribution in [2.45, 2.75) is 52.1 Å². The highest BCUT2D eigenvalue weighted by Gasteiger charge is 2.27. The molecule has 1 fully saturated rings. The molecule has 1 saturated carbocycles. The predicted molar refractivity (Wildman–Crippen MR) is 88.2 cm³/mol. The van der Waals surface area contributed by atoms with Crippen LogP contribution in [0.2, 0.25) is 0 Å². The van der Waals surface area contributed by atoms with E-state index in [0.717, 1.165) is 22.9 Å². The second-order valence-electron chi connectivity index (χ2n) is 6.70. The van der Waals surface area contributed by atoms with E-state index in [-0.39, 0.29) is 0 Å². The molecule has 0 aliphatic heterocycles. The monoisotopic (exact) mass is 301 g/mol. The van der Waals surface area contributed by atoms with Gasteiger partial charge in [-0.2, -0.15) is 0 Å². The summed E-state index contributed by atoms with van der Waals surface area (Å²) in [5.74, 6) is 0. The van der Waals surface area contributed by atoms with E-state index >= 15 is 0 Å². The number of rotatable bonds is 4. The topological polar surface area (TPSA) is 37.8 Å². The SMILES string of the molecule is CC1(C)CCCC(NCc2csc(-c3ccccn3)n2)C1. The Kier molecular flexibility index (Phi) is 4.36. The Morgan fingerprint density at radius 3 is 3.05 bits per heavy atom. The number of aromatic nitrogens is 2. The Hall–Kier alpha value is -1.26. The van der Waals surface area contributed by atoms with Gasteiger partial charge in [0.25, 0.3) is 0 Å². The zero-order valence-corrected chi connectivity index (χ0v) is 13.6. The second kappa shape index (κ2) is 6.24. The lowest BCUT2D eigenvalue weighted by molar-refractivity contribution is 0.197. The van der Waals surface area contributed by atoms with Gasteiger partial charge in [-0.25, -0.2) is 4.98 Å². The lowest BCUT2D eigenvalue weighted by Gasteiger charge is -2.35. The van der Waals surface area contributed by atoms with E-state index in [1.807, 2.05) is 24.4 Å². The van der Waals surface area contributed by atoms with Crippen LogP contribution in [-0.4, -0.2) is 16.0 Å². The van der Waals surface area contributed by atoms with Gasteiger partial charge in [0.1, 0.15) is 5.01 Å². The number of nitrogens with zero attached hydrogens (tertiary/aromatic N) is 2. The Labute approximate surface area is 130 Å². The van der Waals surface area contributed by atoms with Gasteiger partial charge in [-0.1, -0.05) is 26.3 Å². The molecule has 1 aliphatic carbocycles. The van der Waals surface area contributed by atoms with Gasteiger partial charge >= 0.3 is 0 Å². The molecule has 0 amide bonds. The first-order valence-corrected chi connectivity index (χ1v) is 8.60. The summed E-state index contributed by atoms with van der Waals surface area (Å²) >= 11 is 1.68. The third-order valence-electron chi connectivity index (χ3n) is 4.21. The van der Waals surface area contributed by atoms with Crippen LogP contribution in [0.3, 0.4) is 0 Å². The molecule has 0 bridgehead atoms. The van der Waals surface area contributed by atoms with Crippen molar-refractivity contribution in [2.24, 2.45) is 5.41 Å². The number of pyridine rings is 1. The molecule has 112 valence electrons. The largest absolute Gasteiger partial charge is 0.308 e. The fourth-order valence-corrected chi connectivity index (χ4v) is 3.91. The van der Waals surface area contributed by atoms with Gasteiger partial charge in [0.15, 0.2) is 0 Å². The molecular formula is C17H23N3S. The molecule has 2 heterocycles. The van der Waals surface area contributed by atoms with Crippen LogP contribution in [0.5, 0.6) is 0 Å². The van der Waals surface area contributed by atoms with Crippen LogP contribution in [-0.2, 0) is 6.54 Å². The van der Waals surface area contributed by atoms with Crippen LogP contribution in [0.15, 0.2) is 29.8 Å². The maximum Gasteiger partial charge on any atom is 0.142 e. The Morgan fingerprint density at radius 2 is 2.29 bits per heavy atom. The van der Waals surface area contributed by atoms with E-state index in [0.29, 0.717) is 11.5 Å². The standard InChI is InChI=1S/C17H23N3S/c1-17(2)8-5-6-13(10-17)19-11-14-12-21-16(20-14)15-7-3-4-9-18-15/h3-4,7,9,12-13,19H,5-6,8,10-11H2,1-2H3. The van der Waals surface area contributed by atoms with Crippen LogP contribution in [0, 0.1) is 5.41 Å². The summed E-state index contributed by atoms with van der Waals surface area (Å²) in [5, 5.41) is 6.84. The Balaban J connectivity index is 1.58. The average Bonchev–Trinajstić information content (AvgIpc) is 2.94. The number of hydrogen-bond donors (Lipinski definition) is 1. The van der Waals surface area contributed by atoms with Crippen molar-refractivity contribution < 1.29 is 0 Å². The minimum atomic E-state index is 0.483. The van der Waals surface area contributed by atoms with E-state index < -0.39 is 0 Å². The first kappa shape index (κ1) is 14.7. The lowest BCUT2D eigenvalue weighted by Crippen LogP contribution is -2.36. The van der Waals surface area contributed by atoms with Crippen molar-refractivity contribution in [1.29, 1.82) is 0 Å². The molecule has 1 unspecified atom stereocenters. The molecule has 1 aliphatic rings. The fraction of sp³-hybridized carbons (Fsp3) is 0.529. The van der Waals surface area contributed by atoms with Crippen molar-refractivity contribution in [3.63, 3.8) is 0 Å². The van der Waals surface area contributed by atoms with Gasteiger partial charge in [-0.15, -0.1) is 11.3 Å². The number of hydrogen-bond acceptors (Lipinski definition) is 4. The summed E-state index contributed by atoms with van der Waals surface area (Å²) in [4.78, 5) is 9.05. The molecule has 4 heteroatoms. The van der Waals surface area contributed by atoms with E-state index in [1.165, 1.54) is 25.7 Å². The normalized spacial score (nSPS) is 21.3. The number of thiazole rings is 1. The van der Waals surface area contributed by atoms with E-state index in [9.17, 15) is 0 Å². The van der Waals surface area contributed by atoms with Crippen LogP contribution < -0.4 is 5.32 Å². The van der Waals surface area contributed by atoms with Crippen molar-refractivity contribution in [2.75, 3.05) is 0 Å². The van der Waals surface area contributed by atoms with Gasteiger partial charge in [0, 0.05) is 24.2 Å². The highest BCUT2D eigenvalue weighted by Crippen LogP contribution is 2.35. The molecule has 0 spiro atoms. The summed E-state index contributed by atoms with van der Waals surface area (Å²) in [5.41, 5.74) is 2.58. The predicted octanol–water partition coefficient (Wildman–Crippen LogP) is 4.26. The zero-order valence-electron chi connectivity index (χ0n) is 12.8. The molecule has 0 aromatic carbocycles. The van der Waals surface area contributed by atoms with Gasteiger partial charge in [-0.05, 0) is 36.8 Å². The Morgan fingerprint density at radius 1 is 1.38 bits per heavy atom. The maximum absolute atomic E-state index is 4.69. The summed E-state index contributed by atoms with van der Waals surface area (Å²) in [6.45, 7) is 5.62. The first-order valence-electron chi connectivity index (χ1n) is 7.72. The zero-order chi connectivity index (χ0) is 14.7. The maximum atomic E-state index is 4.69. The van der Waals surface area contributed by atoms with Crippen LogP contribution in [0.4, 0.5) is 0 Å². The van der Waals surface area contributed by atoms with Crippen molar-refractivity contribution in [3.05, 3.63) is 35.5 Å². The molecule has 2 aromatic rings. The van der Waals surface area contributed by atoms with Crippen LogP contribution in [0.25, 0.3) is 10.7 Å². The second-order valence-corrected chi connectivity index (χ2v) is 7.56. The highest BCUT2D eigenvalue weighted by atomic mass is 32.1. The highest BCUT2D eigenvalue weighted by molar-refractivity contribution is 7.13. The van der Waals surface area contributed by atoms with Gasteiger partial charge in [0.05, 0.1) is 11.4 Å². The van der Waals surface area contributed by atoms with Crippen molar-refractivity contribution in [3.8, 4) is 10.7 Å². The molecule has 3 nitrogen and oxygen atoms in total. The minimum Gasteiger partial charge on any atom is -0.308 e.